The Morgan fingerprint density at radius 1 is 0.917 bits per heavy atom. The molecule has 0 bridgehead atoms. The van der Waals surface area contributed by atoms with Crippen LogP contribution in [0.1, 0.15) is 13.8 Å². The molecular weight excluding hydrogens is 358 g/mol. The Bertz CT molecular complexity index is 158. The monoisotopic (exact) mass is 370 g/mol. The van der Waals surface area contributed by atoms with Gasteiger partial charge >= 0.3 is 102 Å². The molecule has 0 nitrogen and oxygen atoms in total. The molecule has 0 aromatic rings. The summed E-state index contributed by atoms with van der Waals surface area (Å²) < 4.78 is 1.42. The van der Waals surface area contributed by atoms with Crippen molar-refractivity contribution < 1.29 is 0 Å². The van der Waals surface area contributed by atoms with Gasteiger partial charge in [-0.3, -0.25) is 0 Å². The van der Waals surface area contributed by atoms with E-state index in [4.69, 9.17) is 0 Å². The van der Waals surface area contributed by atoms with E-state index in [1.54, 1.807) is 0 Å². The van der Waals surface area contributed by atoms with E-state index in [0.29, 0.717) is 7.29 Å². The molecule has 2 heterocycles. The van der Waals surface area contributed by atoms with Crippen LogP contribution in [0.5, 0.6) is 0 Å². The van der Waals surface area contributed by atoms with Gasteiger partial charge in [-0.2, -0.15) is 0 Å². The first-order chi connectivity index (χ1) is 5.62. The Morgan fingerprint density at radius 3 is 1.42 bits per heavy atom. The van der Waals surface area contributed by atoms with Crippen LogP contribution < -0.4 is 0 Å². The minimum atomic E-state index is 0.710. The van der Waals surface area contributed by atoms with Gasteiger partial charge in [0.2, 0.25) is 0 Å². The van der Waals surface area contributed by atoms with E-state index in [-0.39, 0.29) is 0 Å². The van der Waals surface area contributed by atoms with E-state index in [1.807, 2.05) is 0 Å². The summed E-state index contributed by atoms with van der Waals surface area (Å²) in [6.07, 6.45) is 0. The van der Waals surface area contributed by atoms with Gasteiger partial charge in [0.25, 0.3) is 0 Å². The van der Waals surface area contributed by atoms with Crippen molar-refractivity contribution in [2.24, 2.45) is 0 Å². The van der Waals surface area contributed by atoms with Crippen molar-refractivity contribution in [3.05, 3.63) is 0 Å². The number of rotatable bonds is 3. The molecule has 0 saturated carbocycles. The fourth-order valence-corrected chi connectivity index (χ4v) is 24.9. The molecule has 6 heteroatoms. The summed E-state index contributed by atoms with van der Waals surface area (Å²) in [5.74, 6) is 2.82. The third-order valence-corrected chi connectivity index (χ3v) is 25.9. The molecule has 2 atom stereocenters. The molecule has 12 heavy (non-hydrogen) atoms. The Hall–Kier alpha value is 2.44. The Balaban J connectivity index is 1.74. The predicted octanol–water partition coefficient (Wildman–Crippen LogP) is 2.53. The van der Waals surface area contributed by atoms with Gasteiger partial charge in [-0.15, -0.1) is 0 Å². The van der Waals surface area contributed by atoms with Crippen LogP contribution in [0.4, 0.5) is 0 Å². The van der Waals surface area contributed by atoms with E-state index >= 15 is 0 Å². The molecule has 2 aliphatic rings. The zero-order valence-electron chi connectivity index (χ0n) is 6.86. The molecule has 0 N–H and O–H groups in total. The van der Waals surface area contributed by atoms with E-state index in [1.165, 1.54) is 11.5 Å². The van der Waals surface area contributed by atoms with Crippen molar-refractivity contribution in [2.45, 2.75) is 21.1 Å². The zero-order valence-corrected chi connectivity index (χ0v) is 13.6. The van der Waals surface area contributed by atoms with Crippen LogP contribution in [-0.4, -0.2) is 45.1 Å². The second kappa shape index (κ2) is 4.13. The fourth-order valence-electron chi connectivity index (χ4n) is 0.702. The molecular formula is C6H10S4Se2. The molecule has 2 saturated heterocycles. The summed E-state index contributed by atoms with van der Waals surface area (Å²) >= 11 is 1.83. The van der Waals surface area contributed by atoms with Gasteiger partial charge in [-0.25, -0.2) is 0 Å². The third kappa shape index (κ3) is 2.52. The maximum atomic E-state index is 2.45. The van der Waals surface area contributed by atoms with E-state index in [2.05, 4.69) is 57.0 Å². The molecule has 2 aliphatic heterocycles. The zero-order chi connectivity index (χ0) is 8.66. The van der Waals surface area contributed by atoms with Gasteiger partial charge in [-0.05, 0) is 0 Å². The molecule has 2 rings (SSSR count). The summed E-state index contributed by atoms with van der Waals surface area (Å²) in [4.78, 5) is 0. The normalized spacial score (nSPS) is 46.5. The molecule has 0 spiro atoms. The first-order valence-electron chi connectivity index (χ1n) is 3.60. The van der Waals surface area contributed by atoms with Crippen LogP contribution in [0.2, 0.25) is 0 Å². The number of hydrogen-bond acceptors (Lipinski definition) is 4. The quantitative estimate of drug-likeness (QED) is 0.554. The molecule has 2 fully saturated rings. The summed E-state index contributed by atoms with van der Waals surface area (Å²) in [6, 6.07) is 0. The molecule has 70 valence electrons. The van der Waals surface area contributed by atoms with Crippen LogP contribution in [0, 0.1) is 0 Å². The molecule has 0 aromatic carbocycles. The molecule has 0 aliphatic carbocycles. The molecule has 2 unspecified atom stereocenters. The molecule has 0 amide bonds. The van der Waals surface area contributed by atoms with Crippen molar-refractivity contribution in [3.63, 3.8) is 0 Å². The van der Waals surface area contributed by atoms with Gasteiger partial charge < -0.3 is 0 Å². The summed E-state index contributed by atoms with van der Waals surface area (Å²) in [5.41, 5.74) is 0. The maximum absolute atomic E-state index is 2.45. The van der Waals surface area contributed by atoms with Gasteiger partial charge in [0.05, 0.1) is 0 Å². The average molecular weight is 368 g/mol. The standard InChI is InChI=1S/C6H10S4Se2/c1-5(3-7-9-5)11-12-6(2)4-8-10-6/h3-4H2,1-2H3. The van der Waals surface area contributed by atoms with Crippen LogP contribution in [0.3, 0.4) is 0 Å². The van der Waals surface area contributed by atoms with Crippen molar-refractivity contribution >= 4 is 69.4 Å². The fraction of sp³-hybridized carbons (Fsp3) is 1.00. The van der Waals surface area contributed by atoms with Gasteiger partial charge in [-0.1, -0.05) is 0 Å². The number of hydrogen-bond donors (Lipinski definition) is 0. The van der Waals surface area contributed by atoms with Crippen LogP contribution >= 0.6 is 43.2 Å². The molecule has 0 aromatic heterocycles. The average Bonchev–Trinajstić information content (AvgIpc) is 1.93. The van der Waals surface area contributed by atoms with Gasteiger partial charge in [0.1, 0.15) is 0 Å². The van der Waals surface area contributed by atoms with Gasteiger partial charge in [0.15, 0.2) is 0 Å². The summed E-state index contributed by atoms with van der Waals surface area (Å²) in [7, 11) is 8.35. The van der Waals surface area contributed by atoms with Crippen LogP contribution in [0.25, 0.3) is 0 Å². The Morgan fingerprint density at radius 2 is 1.25 bits per heavy atom. The third-order valence-electron chi connectivity index (χ3n) is 1.51. The minimum absolute atomic E-state index is 0.710. The first kappa shape index (κ1) is 10.9. The van der Waals surface area contributed by atoms with Crippen LogP contribution in [-0.2, 0) is 0 Å². The second-order valence-corrected chi connectivity index (χ2v) is 18.0. The summed E-state index contributed by atoms with van der Waals surface area (Å²) in [6.45, 7) is 4.91. The Kier molecular flexibility index (Phi) is 3.77. The van der Waals surface area contributed by atoms with E-state index in [0.717, 1.165) is 26.3 Å². The van der Waals surface area contributed by atoms with Gasteiger partial charge in [0, 0.05) is 0 Å². The van der Waals surface area contributed by atoms with E-state index < -0.39 is 0 Å². The molecule has 0 radical (unpaired) electrons. The second-order valence-electron chi connectivity index (χ2n) is 3.13. The van der Waals surface area contributed by atoms with Crippen molar-refractivity contribution in [1.29, 1.82) is 0 Å². The summed E-state index contributed by atoms with van der Waals surface area (Å²) in [5, 5.41) is 0. The SMILES string of the molecule is CC1([Se][Se]C2(C)CSS2)CSS1. The van der Waals surface area contributed by atoms with Crippen molar-refractivity contribution in [2.75, 3.05) is 11.5 Å². The van der Waals surface area contributed by atoms with Crippen molar-refractivity contribution in [3.8, 4) is 0 Å². The Labute approximate surface area is 101 Å². The van der Waals surface area contributed by atoms with Crippen molar-refractivity contribution in [1.82, 2.24) is 0 Å². The van der Waals surface area contributed by atoms with E-state index in [9.17, 15) is 0 Å². The predicted molar refractivity (Wildman–Crippen MR) is 68.4 cm³/mol. The van der Waals surface area contributed by atoms with Crippen LogP contribution in [0.15, 0.2) is 0 Å². The topological polar surface area (TPSA) is 0 Å². The first-order valence-corrected chi connectivity index (χ1v) is 14.3.